The van der Waals surface area contributed by atoms with Gasteiger partial charge in [-0.25, -0.2) is 0 Å². The predicted molar refractivity (Wildman–Crippen MR) is 97.7 cm³/mol. The third kappa shape index (κ3) is 4.55. The van der Waals surface area contributed by atoms with Gasteiger partial charge >= 0.3 is 0 Å². The molecule has 0 fully saturated rings. The summed E-state index contributed by atoms with van der Waals surface area (Å²) in [6.45, 7) is 5.05. The summed E-state index contributed by atoms with van der Waals surface area (Å²) in [6, 6.07) is 14.5. The highest BCUT2D eigenvalue weighted by Gasteiger charge is 2.07. The Morgan fingerprint density at radius 1 is 1.19 bits per heavy atom. The zero-order valence-electron chi connectivity index (χ0n) is 12.5. The monoisotopic (exact) mass is 362 g/mol. The van der Waals surface area contributed by atoms with E-state index in [0.29, 0.717) is 5.11 Å². The SMILES string of the molecule is Cc1ccc(CN(C)C(=S)Nc2cccc(Br)c2)c(C)c1. The highest BCUT2D eigenvalue weighted by Crippen LogP contribution is 2.17. The van der Waals surface area contributed by atoms with E-state index in [4.69, 9.17) is 12.2 Å². The number of halogens is 1. The van der Waals surface area contributed by atoms with Gasteiger partial charge in [-0.3, -0.25) is 0 Å². The molecule has 2 aromatic rings. The second-order valence-corrected chi connectivity index (χ2v) is 6.53. The molecule has 0 atom stereocenters. The van der Waals surface area contributed by atoms with Crippen molar-refractivity contribution in [2.75, 3.05) is 12.4 Å². The molecule has 2 rings (SSSR count). The van der Waals surface area contributed by atoms with Crippen LogP contribution in [0.15, 0.2) is 46.9 Å². The molecule has 0 saturated heterocycles. The number of nitrogens with one attached hydrogen (secondary N) is 1. The minimum absolute atomic E-state index is 0.716. The molecule has 0 spiro atoms. The highest BCUT2D eigenvalue weighted by atomic mass is 79.9. The van der Waals surface area contributed by atoms with Gasteiger partial charge in [0, 0.05) is 23.8 Å². The van der Waals surface area contributed by atoms with E-state index in [1.807, 2.05) is 36.2 Å². The van der Waals surface area contributed by atoms with Gasteiger partial charge < -0.3 is 10.2 Å². The summed E-state index contributed by atoms with van der Waals surface area (Å²) in [4.78, 5) is 2.05. The van der Waals surface area contributed by atoms with E-state index in [9.17, 15) is 0 Å². The molecule has 2 aromatic carbocycles. The smallest absolute Gasteiger partial charge is 0.173 e. The van der Waals surface area contributed by atoms with Gasteiger partial charge in [-0.2, -0.15) is 0 Å². The van der Waals surface area contributed by atoms with Crippen LogP contribution >= 0.6 is 28.1 Å². The van der Waals surface area contributed by atoms with Crippen LogP contribution in [0.4, 0.5) is 5.69 Å². The fraction of sp³-hybridized carbons (Fsp3) is 0.235. The van der Waals surface area contributed by atoms with Crippen LogP contribution in [-0.2, 0) is 6.54 Å². The zero-order chi connectivity index (χ0) is 15.4. The topological polar surface area (TPSA) is 15.3 Å². The number of rotatable bonds is 3. The first kappa shape index (κ1) is 16.0. The number of anilines is 1. The van der Waals surface area contributed by atoms with E-state index in [2.05, 4.69) is 53.3 Å². The van der Waals surface area contributed by atoms with E-state index in [-0.39, 0.29) is 0 Å². The molecule has 0 amide bonds. The minimum atomic E-state index is 0.716. The van der Waals surface area contributed by atoms with Crippen LogP contribution < -0.4 is 5.32 Å². The van der Waals surface area contributed by atoms with Crippen molar-refractivity contribution in [1.82, 2.24) is 4.90 Å². The summed E-state index contributed by atoms with van der Waals surface area (Å²) in [5.41, 5.74) is 4.86. The van der Waals surface area contributed by atoms with Gasteiger partial charge in [-0.1, -0.05) is 45.8 Å². The molecule has 0 aliphatic carbocycles. The summed E-state index contributed by atoms with van der Waals surface area (Å²) in [6.07, 6.45) is 0. The third-order valence-corrected chi connectivity index (χ3v) is 4.24. The maximum absolute atomic E-state index is 5.47. The van der Waals surface area contributed by atoms with Crippen molar-refractivity contribution in [3.05, 3.63) is 63.6 Å². The Hall–Kier alpha value is -1.39. The number of benzene rings is 2. The van der Waals surface area contributed by atoms with Gasteiger partial charge in [0.05, 0.1) is 0 Å². The first-order valence-corrected chi connectivity index (χ1v) is 7.99. The van der Waals surface area contributed by atoms with Crippen LogP contribution in [0.3, 0.4) is 0 Å². The van der Waals surface area contributed by atoms with Gasteiger partial charge in [-0.05, 0) is 55.4 Å². The molecule has 110 valence electrons. The van der Waals surface area contributed by atoms with Crippen LogP contribution in [0.5, 0.6) is 0 Å². The molecular weight excluding hydrogens is 344 g/mol. The van der Waals surface area contributed by atoms with E-state index in [1.165, 1.54) is 16.7 Å². The van der Waals surface area contributed by atoms with Gasteiger partial charge in [0.2, 0.25) is 0 Å². The Labute approximate surface area is 140 Å². The van der Waals surface area contributed by atoms with Crippen molar-refractivity contribution < 1.29 is 0 Å². The van der Waals surface area contributed by atoms with Gasteiger partial charge in [0.25, 0.3) is 0 Å². The number of aryl methyl sites for hydroxylation is 2. The molecule has 2 nitrogen and oxygen atoms in total. The number of hydrogen-bond acceptors (Lipinski definition) is 1. The normalized spacial score (nSPS) is 10.3. The molecule has 1 N–H and O–H groups in total. The lowest BCUT2D eigenvalue weighted by Crippen LogP contribution is -2.30. The van der Waals surface area contributed by atoms with Crippen molar-refractivity contribution in [1.29, 1.82) is 0 Å². The van der Waals surface area contributed by atoms with Crippen molar-refractivity contribution in [2.45, 2.75) is 20.4 Å². The first-order valence-electron chi connectivity index (χ1n) is 6.79. The Morgan fingerprint density at radius 3 is 2.62 bits per heavy atom. The molecule has 0 aromatic heterocycles. The Kier molecular flexibility index (Phi) is 5.37. The fourth-order valence-electron chi connectivity index (χ4n) is 2.14. The quantitative estimate of drug-likeness (QED) is 0.782. The van der Waals surface area contributed by atoms with E-state index >= 15 is 0 Å². The average molecular weight is 363 g/mol. The molecular formula is C17H19BrN2S. The lowest BCUT2D eigenvalue weighted by molar-refractivity contribution is 0.507. The molecule has 0 heterocycles. The standard InChI is InChI=1S/C17H19BrN2S/c1-12-7-8-14(13(2)9-12)11-20(3)17(21)19-16-6-4-5-15(18)10-16/h4-10H,11H2,1-3H3,(H,19,21). The first-order chi connectivity index (χ1) is 9.95. The zero-order valence-corrected chi connectivity index (χ0v) is 14.9. The summed E-state index contributed by atoms with van der Waals surface area (Å²) in [5.74, 6) is 0. The molecule has 4 heteroatoms. The Morgan fingerprint density at radius 2 is 1.95 bits per heavy atom. The van der Waals surface area contributed by atoms with Gasteiger partial charge in [0.1, 0.15) is 0 Å². The molecule has 0 aliphatic heterocycles. The number of nitrogens with zero attached hydrogens (tertiary/aromatic N) is 1. The van der Waals surface area contributed by atoms with Crippen molar-refractivity contribution in [3.63, 3.8) is 0 Å². The largest absolute Gasteiger partial charge is 0.348 e. The third-order valence-electron chi connectivity index (χ3n) is 3.33. The molecule has 0 bridgehead atoms. The summed E-state index contributed by atoms with van der Waals surface area (Å²) in [7, 11) is 2.01. The maximum atomic E-state index is 5.47. The average Bonchev–Trinajstić information content (AvgIpc) is 2.41. The lowest BCUT2D eigenvalue weighted by Gasteiger charge is -2.22. The molecule has 0 radical (unpaired) electrons. The fourth-order valence-corrected chi connectivity index (χ4v) is 2.72. The number of thiocarbonyl (C=S) groups is 1. The van der Waals surface area contributed by atoms with Crippen molar-refractivity contribution in [3.8, 4) is 0 Å². The second-order valence-electron chi connectivity index (χ2n) is 5.23. The Balaban J connectivity index is 2.02. The number of hydrogen-bond donors (Lipinski definition) is 1. The Bertz CT molecular complexity index is 655. The minimum Gasteiger partial charge on any atom is -0.348 e. The molecule has 0 aliphatic rings. The van der Waals surface area contributed by atoms with Crippen molar-refractivity contribution >= 4 is 38.9 Å². The van der Waals surface area contributed by atoms with Crippen LogP contribution in [-0.4, -0.2) is 17.1 Å². The summed E-state index contributed by atoms with van der Waals surface area (Å²) in [5, 5.41) is 3.98. The van der Waals surface area contributed by atoms with Crippen LogP contribution in [0.2, 0.25) is 0 Å². The summed E-state index contributed by atoms with van der Waals surface area (Å²) >= 11 is 8.93. The van der Waals surface area contributed by atoms with Crippen molar-refractivity contribution in [2.24, 2.45) is 0 Å². The van der Waals surface area contributed by atoms with E-state index in [1.54, 1.807) is 0 Å². The van der Waals surface area contributed by atoms with E-state index in [0.717, 1.165) is 16.7 Å². The van der Waals surface area contributed by atoms with Crippen LogP contribution in [0.25, 0.3) is 0 Å². The highest BCUT2D eigenvalue weighted by molar-refractivity contribution is 9.10. The van der Waals surface area contributed by atoms with Gasteiger partial charge in [0.15, 0.2) is 5.11 Å². The maximum Gasteiger partial charge on any atom is 0.173 e. The summed E-state index contributed by atoms with van der Waals surface area (Å²) < 4.78 is 1.03. The van der Waals surface area contributed by atoms with Gasteiger partial charge in [-0.15, -0.1) is 0 Å². The lowest BCUT2D eigenvalue weighted by atomic mass is 10.1. The molecule has 21 heavy (non-hydrogen) atoms. The van der Waals surface area contributed by atoms with Crippen LogP contribution in [0, 0.1) is 13.8 Å². The second kappa shape index (κ2) is 7.05. The van der Waals surface area contributed by atoms with E-state index < -0.39 is 0 Å². The molecule has 0 unspecified atom stereocenters. The van der Waals surface area contributed by atoms with Crippen LogP contribution in [0.1, 0.15) is 16.7 Å². The predicted octanol–water partition coefficient (Wildman–Crippen LogP) is 4.89. The molecule has 0 saturated carbocycles.